The molecule has 1 aromatic rings. The SMILES string of the molecule is Cc1ccc(CN(C)C(=O)COC(=O)CC23CC4CC(CC(C4)C2)C3)cc1. The zero-order chi connectivity index (χ0) is 19.0. The Morgan fingerprint density at radius 3 is 2.15 bits per heavy atom. The monoisotopic (exact) mass is 369 g/mol. The van der Waals surface area contributed by atoms with Crippen molar-refractivity contribution in [2.75, 3.05) is 13.7 Å². The Labute approximate surface area is 162 Å². The Kier molecular flexibility index (Phi) is 5.00. The molecule has 0 spiro atoms. The number of nitrogens with zero attached hydrogens (tertiary/aromatic N) is 1. The summed E-state index contributed by atoms with van der Waals surface area (Å²) < 4.78 is 5.39. The Bertz CT molecular complexity index is 674. The number of ether oxygens (including phenoxy) is 1. The minimum absolute atomic E-state index is 0.144. The number of esters is 1. The van der Waals surface area contributed by atoms with Crippen LogP contribution < -0.4 is 0 Å². The van der Waals surface area contributed by atoms with E-state index >= 15 is 0 Å². The number of aryl methyl sites for hydroxylation is 1. The summed E-state index contributed by atoms with van der Waals surface area (Å²) in [5.74, 6) is 2.15. The van der Waals surface area contributed by atoms with Gasteiger partial charge in [0.1, 0.15) is 0 Å². The summed E-state index contributed by atoms with van der Waals surface area (Å²) in [5.41, 5.74) is 2.45. The molecular formula is C23H31NO3. The summed E-state index contributed by atoms with van der Waals surface area (Å²) in [6, 6.07) is 8.13. The van der Waals surface area contributed by atoms with Gasteiger partial charge in [0.05, 0.1) is 6.42 Å². The maximum absolute atomic E-state index is 12.5. The van der Waals surface area contributed by atoms with Gasteiger partial charge in [-0.2, -0.15) is 0 Å². The normalized spacial score (nSPS) is 31.0. The van der Waals surface area contributed by atoms with Gasteiger partial charge in [-0.15, -0.1) is 0 Å². The molecule has 4 aliphatic carbocycles. The van der Waals surface area contributed by atoms with E-state index in [1.165, 1.54) is 44.1 Å². The molecule has 4 heteroatoms. The largest absolute Gasteiger partial charge is 0.456 e. The number of carbonyl (C=O) groups is 2. The molecule has 4 aliphatic rings. The standard InChI is InChI=1S/C23H31NO3/c1-16-3-5-17(6-4-16)14-24(2)21(25)15-27-22(26)13-23-10-18-7-19(11-23)9-20(8-18)12-23/h3-6,18-20H,7-15H2,1-2H3. The van der Waals surface area contributed by atoms with Crippen LogP contribution in [0.1, 0.15) is 56.1 Å². The second-order valence-electron chi connectivity index (χ2n) is 9.49. The van der Waals surface area contributed by atoms with E-state index in [0.717, 1.165) is 23.3 Å². The zero-order valence-corrected chi connectivity index (χ0v) is 16.6. The summed E-state index contributed by atoms with van der Waals surface area (Å²) >= 11 is 0. The van der Waals surface area contributed by atoms with Gasteiger partial charge < -0.3 is 9.64 Å². The van der Waals surface area contributed by atoms with Gasteiger partial charge >= 0.3 is 5.97 Å². The number of rotatable bonds is 6. The van der Waals surface area contributed by atoms with Gasteiger partial charge in [0.2, 0.25) is 0 Å². The van der Waals surface area contributed by atoms with Gasteiger partial charge in [-0.3, -0.25) is 9.59 Å². The molecule has 4 bridgehead atoms. The molecular weight excluding hydrogens is 338 g/mol. The summed E-state index contributed by atoms with van der Waals surface area (Å²) in [4.78, 5) is 26.4. The maximum atomic E-state index is 12.5. The molecule has 0 unspecified atom stereocenters. The average Bonchev–Trinajstić information content (AvgIpc) is 2.60. The quantitative estimate of drug-likeness (QED) is 0.709. The molecule has 4 fully saturated rings. The lowest BCUT2D eigenvalue weighted by Gasteiger charge is -2.56. The molecule has 4 saturated carbocycles. The van der Waals surface area contributed by atoms with Crippen molar-refractivity contribution in [3.05, 3.63) is 35.4 Å². The van der Waals surface area contributed by atoms with Crippen molar-refractivity contribution in [3.8, 4) is 0 Å². The first kappa shape index (κ1) is 18.5. The predicted molar refractivity (Wildman–Crippen MR) is 104 cm³/mol. The number of carbonyl (C=O) groups excluding carboxylic acids is 2. The molecule has 0 heterocycles. The van der Waals surface area contributed by atoms with Crippen LogP contribution in [0.5, 0.6) is 0 Å². The van der Waals surface area contributed by atoms with Gasteiger partial charge in [-0.1, -0.05) is 29.8 Å². The fourth-order valence-electron chi connectivity index (χ4n) is 6.17. The molecule has 0 N–H and O–H groups in total. The van der Waals surface area contributed by atoms with Crippen LogP contribution in [0.25, 0.3) is 0 Å². The van der Waals surface area contributed by atoms with Crippen LogP contribution in [0.15, 0.2) is 24.3 Å². The van der Waals surface area contributed by atoms with Crippen LogP contribution in [0.4, 0.5) is 0 Å². The van der Waals surface area contributed by atoms with Crippen LogP contribution in [0.2, 0.25) is 0 Å². The topological polar surface area (TPSA) is 46.6 Å². The number of benzene rings is 1. The highest BCUT2D eigenvalue weighted by atomic mass is 16.5. The van der Waals surface area contributed by atoms with Gasteiger partial charge in [0, 0.05) is 13.6 Å². The first-order valence-electron chi connectivity index (χ1n) is 10.4. The molecule has 0 radical (unpaired) electrons. The highest BCUT2D eigenvalue weighted by molar-refractivity contribution is 5.80. The number of hydrogen-bond donors (Lipinski definition) is 0. The average molecular weight is 370 g/mol. The minimum atomic E-state index is -0.186. The third-order valence-electron chi connectivity index (χ3n) is 7.01. The van der Waals surface area contributed by atoms with Gasteiger partial charge in [-0.25, -0.2) is 0 Å². The van der Waals surface area contributed by atoms with E-state index in [4.69, 9.17) is 4.74 Å². The third kappa shape index (κ3) is 4.20. The Hall–Kier alpha value is -1.84. The molecule has 0 aliphatic heterocycles. The van der Waals surface area contributed by atoms with Crippen LogP contribution in [0.3, 0.4) is 0 Å². The molecule has 0 aromatic heterocycles. The number of likely N-dealkylation sites (N-methyl/N-ethyl adjacent to an activating group) is 1. The first-order valence-corrected chi connectivity index (χ1v) is 10.4. The molecule has 146 valence electrons. The van der Waals surface area contributed by atoms with Crippen LogP contribution in [0, 0.1) is 30.1 Å². The van der Waals surface area contributed by atoms with E-state index in [2.05, 4.69) is 0 Å². The van der Waals surface area contributed by atoms with E-state index in [9.17, 15) is 9.59 Å². The third-order valence-corrected chi connectivity index (χ3v) is 7.01. The predicted octanol–water partition coefficient (Wildman–Crippen LogP) is 4.10. The van der Waals surface area contributed by atoms with Gasteiger partial charge in [0.25, 0.3) is 5.91 Å². The molecule has 5 rings (SSSR count). The summed E-state index contributed by atoms with van der Waals surface area (Å²) in [7, 11) is 1.76. The van der Waals surface area contributed by atoms with Crippen molar-refractivity contribution in [3.63, 3.8) is 0 Å². The summed E-state index contributed by atoms with van der Waals surface area (Å²) in [6.07, 6.45) is 8.19. The Morgan fingerprint density at radius 2 is 1.59 bits per heavy atom. The van der Waals surface area contributed by atoms with Crippen molar-refractivity contribution < 1.29 is 14.3 Å². The van der Waals surface area contributed by atoms with Gasteiger partial charge in [-0.05, 0) is 74.2 Å². The molecule has 1 amide bonds. The number of amides is 1. The molecule has 0 atom stereocenters. The van der Waals surface area contributed by atoms with Crippen LogP contribution in [-0.2, 0) is 20.9 Å². The number of hydrogen-bond acceptors (Lipinski definition) is 3. The Balaban J connectivity index is 1.25. The van der Waals surface area contributed by atoms with Gasteiger partial charge in [0.15, 0.2) is 6.61 Å². The van der Waals surface area contributed by atoms with Crippen molar-refractivity contribution in [1.29, 1.82) is 0 Å². The molecule has 0 saturated heterocycles. The minimum Gasteiger partial charge on any atom is -0.456 e. The molecule has 27 heavy (non-hydrogen) atoms. The van der Waals surface area contributed by atoms with Crippen LogP contribution >= 0.6 is 0 Å². The fraction of sp³-hybridized carbons (Fsp3) is 0.652. The van der Waals surface area contributed by atoms with Crippen LogP contribution in [-0.4, -0.2) is 30.4 Å². The smallest absolute Gasteiger partial charge is 0.306 e. The second kappa shape index (κ2) is 7.29. The van der Waals surface area contributed by atoms with Crippen molar-refractivity contribution >= 4 is 11.9 Å². The summed E-state index contributed by atoms with van der Waals surface area (Å²) in [5, 5.41) is 0. The highest BCUT2D eigenvalue weighted by Crippen LogP contribution is 2.61. The van der Waals surface area contributed by atoms with Crippen molar-refractivity contribution in [2.24, 2.45) is 23.2 Å². The van der Waals surface area contributed by atoms with Crippen molar-refractivity contribution in [1.82, 2.24) is 4.90 Å². The van der Waals surface area contributed by atoms with Crippen molar-refractivity contribution in [2.45, 2.75) is 58.4 Å². The van der Waals surface area contributed by atoms with E-state index in [1.54, 1.807) is 11.9 Å². The van der Waals surface area contributed by atoms with E-state index in [-0.39, 0.29) is 23.9 Å². The first-order chi connectivity index (χ1) is 12.9. The Morgan fingerprint density at radius 1 is 1.04 bits per heavy atom. The van der Waals surface area contributed by atoms with E-state index in [0.29, 0.717) is 13.0 Å². The fourth-order valence-corrected chi connectivity index (χ4v) is 6.17. The molecule has 1 aromatic carbocycles. The van der Waals surface area contributed by atoms with E-state index < -0.39 is 0 Å². The summed E-state index contributed by atoms with van der Waals surface area (Å²) in [6.45, 7) is 2.43. The lowest BCUT2D eigenvalue weighted by Crippen LogP contribution is -2.47. The zero-order valence-electron chi connectivity index (χ0n) is 16.6. The second-order valence-corrected chi connectivity index (χ2v) is 9.49. The lowest BCUT2D eigenvalue weighted by atomic mass is 9.49. The maximum Gasteiger partial charge on any atom is 0.306 e. The molecule has 4 nitrogen and oxygen atoms in total. The van der Waals surface area contributed by atoms with E-state index in [1.807, 2.05) is 31.2 Å². The lowest BCUT2D eigenvalue weighted by molar-refractivity contribution is -0.157. The highest BCUT2D eigenvalue weighted by Gasteiger charge is 2.51.